The molecule has 1 aromatic heterocycles. The maximum absolute atomic E-state index is 6.03. The zero-order valence-electron chi connectivity index (χ0n) is 9.15. The third kappa shape index (κ3) is 2.55. The molecule has 0 amide bonds. The first kappa shape index (κ1) is 11.0. The zero-order valence-corrected chi connectivity index (χ0v) is 9.91. The summed E-state index contributed by atoms with van der Waals surface area (Å²) in [6, 6.07) is 9.73. The van der Waals surface area contributed by atoms with Gasteiger partial charge in [0.2, 0.25) is 0 Å². The third-order valence-corrected chi connectivity index (χ3v) is 2.77. The van der Waals surface area contributed by atoms with E-state index >= 15 is 0 Å². The summed E-state index contributed by atoms with van der Waals surface area (Å²) in [7, 11) is 0. The first-order chi connectivity index (χ1) is 7.77. The molecule has 0 aliphatic heterocycles. The summed E-state index contributed by atoms with van der Waals surface area (Å²) < 4.78 is 1.96. The number of nitrogens with zero attached hydrogens (tertiary/aromatic N) is 2. The van der Waals surface area contributed by atoms with Crippen LogP contribution in [-0.4, -0.2) is 16.3 Å². The number of benzene rings is 1. The number of para-hydroxylation sites is 1. The molecule has 4 heteroatoms. The molecule has 0 fully saturated rings. The molecular formula is C12H14ClN3. The fraction of sp³-hybridized carbons (Fsp3) is 0.250. The molecule has 84 valence electrons. The molecule has 0 saturated carbocycles. The zero-order chi connectivity index (χ0) is 11.4. The lowest BCUT2D eigenvalue weighted by atomic mass is 10.3. The lowest BCUT2D eigenvalue weighted by molar-refractivity contribution is 0.620. The maximum Gasteiger partial charge on any atom is 0.0637 e. The van der Waals surface area contributed by atoms with E-state index in [1.807, 2.05) is 48.1 Å². The average molecular weight is 236 g/mol. The largest absolute Gasteiger partial charge is 0.382 e. The Bertz CT molecular complexity index is 465. The number of halogens is 1. The van der Waals surface area contributed by atoms with Crippen molar-refractivity contribution >= 4 is 17.3 Å². The van der Waals surface area contributed by atoms with Crippen LogP contribution in [0.4, 0.5) is 5.69 Å². The first-order valence-electron chi connectivity index (χ1n) is 5.24. The Balaban J connectivity index is 1.89. The van der Waals surface area contributed by atoms with Crippen LogP contribution in [0.2, 0.25) is 5.02 Å². The lowest BCUT2D eigenvalue weighted by Crippen LogP contribution is -2.12. The van der Waals surface area contributed by atoms with Crippen molar-refractivity contribution in [1.82, 2.24) is 9.78 Å². The van der Waals surface area contributed by atoms with Crippen molar-refractivity contribution in [3.63, 3.8) is 0 Å². The molecule has 0 radical (unpaired) electrons. The average Bonchev–Trinajstić information content (AvgIpc) is 2.67. The van der Waals surface area contributed by atoms with E-state index in [1.54, 1.807) is 0 Å². The number of anilines is 1. The molecule has 0 aliphatic rings. The van der Waals surface area contributed by atoms with Crippen LogP contribution in [0.1, 0.15) is 5.69 Å². The third-order valence-electron chi connectivity index (χ3n) is 2.44. The Labute approximate surface area is 100 Å². The number of rotatable bonds is 4. The molecule has 0 saturated heterocycles. The van der Waals surface area contributed by atoms with Crippen molar-refractivity contribution in [3.8, 4) is 0 Å². The highest BCUT2D eigenvalue weighted by atomic mass is 35.5. The Morgan fingerprint density at radius 3 is 2.81 bits per heavy atom. The highest BCUT2D eigenvalue weighted by molar-refractivity contribution is 6.33. The van der Waals surface area contributed by atoms with Gasteiger partial charge in [-0.2, -0.15) is 5.10 Å². The number of nitrogens with one attached hydrogen (secondary N) is 1. The van der Waals surface area contributed by atoms with E-state index in [1.165, 1.54) is 5.69 Å². The van der Waals surface area contributed by atoms with Gasteiger partial charge in [-0.15, -0.1) is 0 Å². The van der Waals surface area contributed by atoms with Gasteiger partial charge in [-0.05, 0) is 25.1 Å². The van der Waals surface area contributed by atoms with E-state index < -0.39 is 0 Å². The fourth-order valence-electron chi connectivity index (χ4n) is 1.53. The summed E-state index contributed by atoms with van der Waals surface area (Å²) in [6.07, 6.45) is 1.81. The van der Waals surface area contributed by atoms with Crippen molar-refractivity contribution in [1.29, 1.82) is 0 Å². The normalized spacial score (nSPS) is 10.4. The number of hydrogen-bond donors (Lipinski definition) is 1. The van der Waals surface area contributed by atoms with E-state index in [2.05, 4.69) is 10.4 Å². The minimum absolute atomic E-state index is 0.750. The molecule has 0 unspecified atom stereocenters. The summed E-state index contributed by atoms with van der Waals surface area (Å²) in [4.78, 5) is 0. The van der Waals surface area contributed by atoms with E-state index in [-0.39, 0.29) is 0 Å². The van der Waals surface area contributed by atoms with Crippen molar-refractivity contribution in [2.24, 2.45) is 0 Å². The molecule has 0 aliphatic carbocycles. The van der Waals surface area contributed by atoms with Crippen LogP contribution in [0.3, 0.4) is 0 Å². The topological polar surface area (TPSA) is 29.9 Å². The van der Waals surface area contributed by atoms with Gasteiger partial charge in [0.05, 0.1) is 17.3 Å². The van der Waals surface area contributed by atoms with E-state index in [4.69, 9.17) is 11.6 Å². The van der Waals surface area contributed by atoms with Gasteiger partial charge >= 0.3 is 0 Å². The number of aryl methyl sites for hydroxylation is 1. The second-order valence-corrected chi connectivity index (χ2v) is 4.01. The van der Waals surface area contributed by atoms with Crippen LogP contribution < -0.4 is 5.32 Å². The summed E-state index contributed by atoms with van der Waals surface area (Å²) in [5.74, 6) is 0. The highest BCUT2D eigenvalue weighted by Crippen LogP contribution is 2.19. The fourth-order valence-corrected chi connectivity index (χ4v) is 1.74. The van der Waals surface area contributed by atoms with Crippen LogP contribution >= 0.6 is 11.6 Å². The number of hydrogen-bond acceptors (Lipinski definition) is 2. The Morgan fingerprint density at radius 2 is 2.12 bits per heavy atom. The van der Waals surface area contributed by atoms with E-state index in [9.17, 15) is 0 Å². The van der Waals surface area contributed by atoms with Crippen LogP contribution in [0.15, 0.2) is 36.5 Å². The SMILES string of the molecule is Cc1ccnn1CCNc1ccccc1Cl. The quantitative estimate of drug-likeness (QED) is 0.883. The van der Waals surface area contributed by atoms with Gasteiger partial charge in [0.25, 0.3) is 0 Å². The van der Waals surface area contributed by atoms with Gasteiger partial charge in [0.1, 0.15) is 0 Å². The van der Waals surface area contributed by atoms with Gasteiger partial charge < -0.3 is 5.32 Å². The lowest BCUT2D eigenvalue weighted by Gasteiger charge is -2.09. The molecule has 16 heavy (non-hydrogen) atoms. The van der Waals surface area contributed by atoms with E-state index in [0.717, 1.165) is 23.8 Å². The van der Waals surface area contributed by atoms with Crippen LogP contribution in [0, 0.1) is 6.92 Å². The second-order valence-electron chi connectivity index (χ2n) is 3.60. The molecule has 0 spiro atoms. The summed E-state index contributed by atoms with van der Waals surface area (Å²) >= 11 is 6.03. The molecule has 1 aromatic carbocycles. The molecular weight excluding hydrogens is 222 g/mol. The Kier molecular flexibility index (Phi) is 3.47. The highest BCUT2D eigenvalue weighted by Gasteiger charge is 1.99. The van der Waals surface area contributed by atoms with Gasteiger partial charge in [-0.25, -0.2) is 0 Å². The molecule has 1 heterocycles. The Morgan fingerprint density at radius 1 is 1.31 bits per heavy atom. The molecule has 2 aromatic rings. The monoisotopic (exact) mass is 235 g/mol. The molecule has 0 bridgehead atoms. The van der Waals surface area contributed by atoms with Crippen LogP contribution in [-0.2, 0) is 6.54 Å². The van der Waals surface area contributed by atoms with Crippen molar-refractivity contribution < 1.29 is 0 Å². The van der Waals surface area contributed by atoms with Gasteiger partial charge in [-0.1, -0.05) is 23.7 Å². The maximum atomic E-state index is 6.03. The minimum atomic E-state index is 0.750. The van der Waals surface area contributed by atoms with Gasteiger partial charge in [-0.3, -0.25) is 4.68 Å². The molecule has 1 N–H and O–H groups in total. The van der Waals surface area contributed by atoms with Crippen molar-refractivity contribution in [2.75, 3.05) is 11.9 Å². The van der Waals surface area contributed by atoms with Crippen molar-refractivity contribution in [2.45, 2.75) is 13.5 Å². The van der Waals surface area contributed by atoms with Crippen molar-refractivity contribution in [3.05, 3.63) is 47.2 Å². The Hall–Kier alpha value is -1.48. The van der Waals surface area contributed by atoms with Gasteiger partial charge in [0, 0.05) is 18.4 Å². The first-order valence-corrected chi connectivity index (χ1v) is 5.62. The predicted molar refractivity (Wildman–Crippen MR) is 66.9 cm³/mol. The summed E-state index contributed by atoms with van der Waals surface area (Å²) in [5, 5.41) is 8.25. The van der Waals surface area contributed by atoms with Crippen LogP contribution in [0.5, 0.6) is 0 Å². The minimum Gasteiger partial charge on any atom is -0.382 e. The van der Waals surface area contributed by atoms with Gasteiger partial charge in [0.15, 0.2) is 0 Å². The smallest absolute Gasteiger partial charge is 0.0637 e. The predicted octanol–water partition coefficient (Wildman–Crippen LogP) is 2.96. The number of aromatic nitrogens is 2. The van der Waals surface area contributed by atoms with Crippen LogP contribution in [0.25, 0.3) is 0 Å². The summed E-state index contributed by atoms with van der Waals surface area (Å²) in [6.45, 7) is 3.69. The second kappa shape index (κ2) is 5.03. The standard InChI is InChI=1S/C12H14ClN3/c1-10-6-7-15-16(10)9-8-14-12-5-3-2-4-11(12)13/h2-7,14H,8-9H2,1H3. The summed E-state index contributed by atoms with van der Waals surface area (Å²) in [5.41, 5.74) is 2.13. The molecule has 0 atom stereocenters. The molecule has 3 nitrogen and oxygen atoms in total. The van der Waals surface area contributed by atoms with E-state index in [0.29, 0.717) is 0 Å². The molecule has 2 rings (SSSR count).